The predicted molar refractivity (Wildman–Crippen MR) is 58.3 cm³/mol. The van der Waals surface area contributed by atoms with Crippen LogP contribution in [0.25, 0.3) is 0 Å². The van der Waals surface area contributed by atoms with E-state index >= 15 is 0 Å². The topological polar surface area (TPSA) is 41.3 Å². The second-order valence-corrected chi connectivity index (χ2v) is 4.48. The third kappa shape index (κ3) is 2.38. The quantitative estimate of drug-likeness (QED) is 0.793. The first-order valence-corrected chi connectivity index (χ1v) is 5.53. The number of rotatable bonds is 3. The van der Waals surface area contributed by atoms with Gasteiger partial charge in [0.15, 0.2) is 0 Å². The molecule has 0 amide bonds. The van der Waals surface area contributed by atoms with Crippen molar-refractivity contribution in [2.75, 3.05) is 13.1 Å². The number of aliphatic hydroxyl groups excluding tert-OH is 1. The lowest BCUT2D eigenvalue weighted by atomic mass is 10.0. The molecular weight excluding hydrogens is 190 g/mol. The maximum atomic E-state index is 9.50. The maximum Gasteiger partial charge on any atom is 0.122 e. The van der Waals surface area contributed by atoms with E-state index in [1.165, 1.54) is 0 Å². The highest BCUT2D eigenvalue weighted by Crippen LogP contribution is 2.20. The van der Waals surface area contributed by atoms with E-state index in [0.29, 0.717) is 5.92 Å². The number of aliphatic hydroxyl groups is 1. The average Bonchev–Trinajstić information content (AvgIpc) is 2.77. The Labute approximate surface area is 90.5 Å². The molecule has 4 nitrogen and oxygen atoms in total. The van der Waals surface area contributed by atoms with E-state index < -0.39 is 0 Å². The van der Waals surface area contributed by atoms with E-state index in [4.69, 9.17) is 0 Å². The van der Waals surface area contributed by atoms with Crippen LogP contribution in [0.1, 0.15) is 19.2 Å². The maximum absolute atomic E-state index is 9.50. The molecule has 1 N–H and O–H groups in total. The van der Waals surface area contributed by atoms with Crippen LogP contribution in [0.3, 0.4) is 0 Å². The van der Waals surface area contributed by atoms with Crippen molar-refractivity contribution in [2.45, 2.75) is 26.0 Å². The van der Waals surface area contributed by atoms with E-state index in [1.54, 1.807) is 0 Å². The fourth-order valence-corrected chi connectivity index (χ4v) is 2.15. The van der Waals surface area contributed by atoms with Gasteiger partial charge in [-0.15, -0.1) is 0 Å². The third-order valence-corrected chi connectivity index (χ3v) is 3.28. The Morgan fingerprint density at radius 1 is 1.67 bits per heavy atom. The molecule has 15 heavy (non-hydrogen) atoms. The zero-order valence-corrected chi connectivity index (χ0v) is 9.43. The van der Waals surface area contributed by atoms with Crippen molar-refractivity contribution >= 4 is 0 Å². The van der Waals surface area contributed by atoms with Gasteiger partial charge in [-0.05, 0) is 25.8 Å². The van der Waals surface area contributed by atoms with E-state index in [2.05, 4.69) is 14.5 Å². The molecular formula is C11H19N3O. The van der Waals surface area contributed by atoms with Crippen molar-refractivity contribution < 1.29 is 5.11 Å². The molecule has 1 aliphatic heterocycles. The second kappa shape index (κ2) is 4.33. The van der Waals surface area contributed by atoms with Gasteiger partial charge in [0.05, 0.1) is 12.6 Å². The van der Waals surface area contributed by atoms with Crippen LogP contribution in [0.5, 0.6) is 0 Å². The molecule has 1 aromatic rings. The second-order valence-electron chi connectivity index (χ2n) is 4.48. The Bertz CT molecular complexity index is 321. The van der Waals surface area contributed by atoms with Gasteiger partial charge in [-0.2, -0.15) is 0 Å². The SMILES string of the molecule is CC(O)C1CCN(Cc2nccn2C)C1. The number of aryl methyl sites for hydroxylation is 1. The molecule has 0 bridgehead atoms. The van der Waals surface area contributed by atoms with Crippen molar-refractivity contribution in [2.24, 2.45) is 13.0 Å². The van der Waals surface area contributed by atoms with Gasteiger partial charge in [-0.25, -0.2) is 4.98 Å². The van der Waals surface area contributed by atoms with Crippen LogP contribution < -0.4 is 0 Å². The standard InChI is InChI=1S/C11H19N3O/c1-9(15)10-3-5-14(7-10)8-11-12-4-6-13(11)2/h4,6,9-10,15H,3,5,7-8H2,1-2H3. The monoisotopic (exact) mass is 209 g/mol. The van der Waals surface area contributed by atoms with Gasteiger partial charge in [0.2, 0.25) is 0 Å². The summed E-state index contributed by atoms with van der Waals surface area (Å²) < 4.78 is 2.05. The molecule has 0 spiro atoms. The Kier molecular flexibility index (Phi) is 3.07. The normalized spacial score (nSPS) is 24.6. The number of aromatic nitrogens is 2. The number of hydrogen-bond donors (Lipinski definition) is 1. The summed E-state index contributed by atoms with van der Waals surface area (Å²) >= 11 is 0. The minimum absolute atomic E-state index is 0.184. The highest BCUT2D eigenvalue weighted by Gasteiger charge is 2.26. The zero-order valence-electron chi connectivity index (χ0n) is 9.43. The van der Waals surface area contributed by atoms with Crippen LogP contribution in [-0.4, -0.2) is 38.8 Å². The van der Waals surface area contributed by atoms with Crippen molar-refractivity contribution in [1.29, 1.82) is 0 Å². The Morgan fingerprint density at radius 2 is 2.47 bits per heavy atom. The zero-order chi connectivity index (χ0) is 10.8. The molecule has 2 rings (SSSR count). The summed E-state index contributed by atoms with van der Waals surface area (Å²) in [6.45, 7) is 4.84. The molecule has 1 aliphatic rings. The number of imidazole rings is 1. The Morgan fingerprint density at radius 3 is 3.00 bits per heavy atom. The number of likely N-dealkylation sites (tertiary alicyclic amines) is 1. The van der Waals surface area contributed by atoms with Crippen molar-refractivity contribution in [3.05, 3.63) is 18.2 Å². The summed E-state index contributed by atoms with van der Waals surface area (Å²) in [5.74, 6) is 1.53. The summed E-state index contributed by atoms with van der Waals surface area (Å²) in [6.07, 6.45) is 4.72. The molecule has 0 saturated carbocycles. The number of hydrogen-bond acceptors (Lipinski definition) is 3. The molecule has 2 heterocycles. The smallest absolute Gasteiger partial charge is 0.122 e. The van der Waals surface area contributed by atoms with E-state index in [9.17, 15) is 5.11 Å². The fourth-order valence-electron chi connectivity index (χ4n) is 2.15. The van der Waals surface area contributed by atoms with Gasteiger partial charge in [0.25, 0.3) is 0 Å². The van der Waals surface area contributed by atoms with Gasteiger partial charge < -0.3 is 9.67 Å². The predicted octanol–water partition coefficient (Wildman–Crippen LogP) is 0.623. The lowest BCUT2D eigenvalue weighted by Gasteiger charge is -2.16. The summed E-state index contributed by atoms with van der Waals surface area (Å²) in [5, 5.41) is 9.50. The van der Waals surface area contributed by atoms with Gasteiger partial charge in [-0.3, -0.25) is 4.90 Å². The van der Waals surface area contributed by atoms with Gasteiger partial charge in [-0.1, -0.05) is 0 Å². The number of nitrogens with zero attached hydrogens (tertiary/aromatic N) is 3. The molecule has 0 aliphatic carbocycles. The first-order valence-electron chi connectivity index (χ1n) is 5.53. The van der Waals surface area contributed by atoms with Crippen LogP contribution >= 0.6 is 0 Å². The van der Waals surface area contributed by atoms with E-state index in [-0.39, 0.29) is 6.10 Å². The van der Waals surface area contributed by atoms with Crippen LogP contribution in [0.2, 0.25) is 0 Å². The van der Waals surface area contributed by atoms with Crippen LogP contribution in [0.15, 0.2) is 12.4 Å². The Balaban J connectivity index is 1.90. The molecule has 1 fully saturated rings. The molecule has 1 saturated heterocycles. The van der Waals surface area contributed by atoms with Gasteiger partial charge >= 0.3 is 0 Å². The summed E-state index contributed by atoms with van der Waals surface area (Å²) in [5.41, 5.74) is 0. The molecule has 84 valence electrons. The van der Waals surface area contributed by atoms with Gasteiger partial charge in [0.1, 0.15) is 5.82 Å². The molecule has 1 aromatic heterocycles. The molecule has 2 atom stereocenters. The third-order valence-electron chi connectivity index (χ3n) is 3.28. The fraction of sp³-hybridized carbons (Fsp3) is 0.727. The molecule has 0 aromatic carbocycles. The largest absolute Gasteiger partial charge is 0.393 e. The lowest BCUT2D eigenvalue weighted by molar-refractivity contribution is 0.127. The first kappa shape index (κ1) is 10.6. The van der Waals surface area contributed by atoms with E-state index in [0.717, 1.165) is 31.9 Å². The Hall–Kier alpha value is -0.870. The van der Waals surface area contributed by atoms with Crippen molar-refractivity contribution in [1.82, 2.24) is 14.5 Å². The highest BCUT2D eigenvalue weighted by molar-refractivity contribution is 4.92. The first-order chi connectivity index (χ1) is 7.16. The van der Waals surface area contributed by atoms with Crippen molar-refractivity contribution in [3.8, 4) is 0 Å². The lowest BCUT2D eigenvalue weighted by Crippen LogP contribution is -2.25. The van der Waals surface area contributed by atoms with Crippen LogP contribution in [0.4, 0.5) is 0 Å². The summed E-state index contributed by atoms with van der Waals surface area (Å²) in [6, 6.07) is 0. The van der Waals surface area contributed by atoms with Gasteiger partial charge in [0, 0.05) is 26.0 Å². The highest BCUT2D eigenvalue weighted by atomic mass is 16.3. The average molecular weight is 209 g/mol. The van der Waals surface area contributed by atoms with Crippen LogP contribution in [0, 0.1) is 5.92 Å². The minimum atomic E-state index is -0.184. The van der Waals surface area contributed by atoms with Crippen LogP contribution in [-0.2, 0) is 13.6 Å². The summed E-state index contributed by atoms with van der Waals surface area (Å²) in [7, 11) is 2.02. The summed E-state index contributed by atoms with van der Waals surface area (Å²) in [4.78, 5) is 6.67. The van der Waals surface area contributed by atoms with E-state index in [1.807, 2.05) is 26.4 Å². The molecule has 0 radical (unpaired) electrons. The molecule has 4 heteroatoms. The molecule has 2 unspecified atom stereocenters. The van der Waals surface area contributed by atoms with Crippen molar-refractivity contribution in [3.63, 3.8) is 0 Å². The minimum Gasteiger partial charge on any atom is -0.393 e.